The second-order valence-electron chi connectivity index (χ2n) is 9.89. The van der Waals surface area contributed by atoms with Gasteiger partial charge in [-0.1, -0.05) is 74.3 Å². The summed E-state index contributed by atoms with van der Waals surface area (Å²) in [6.07, 6.45) is -2.13. The predicted octanol–water partition coefficient (Wildman–Crippen LogP) is 5.33. The number of fused-ring (bicyclic) bond motifs is 1. The Kier molecular flexibility index (Phi) is 7.57. The summed E-state index contributed by atoms with van der Waals surface area (Å²) < 4.78 is 1.43. The molecule has 4 rings (SSSR count). The topological polar surface area (TPSA) is 129 Å². The lowest BCUT2D eigenvalue weighted by molar-refractivity contribution is -0.127. The minimum Gasteiger partial charge on any atom is -0.465 e. The van der Waals surface area contributed by atoms with Gasteiger partial charge in [0.15, 0.2) is 6.17 Å². The molecule has 2 unspecified atom stereocenters. The summed E-state index contributed by atoms with van der Waals surface area (Å²) in [6.45, 7) is 5.85. The molecule has 200 valence electrons. The standard InChI is InChI=1S/C26H28Cl2N6O4/c1-26(2,3)19-13-20(31-24(36)30-17-11-7-10-16(27)21(17)28)34(32-19)23-15-9-6-5-8-14(15)12-18(22(35)29-4)33(23)25(37)38/h5-11,13,18,23H,12H2,1-4H3,(H,29,35)(H,37,38)(H2,30,31,36). The largest absolute Gasteiger partial charge is 0.465 e. The van der Waals surface area contributed by atoms with Crippen molar-refractivity contribution in [1.29, 1.82) is 0 Å². The number of amides is 4. The number of hydrogen-bond acceptors (Lipinski definition) is 4. The summed E-state index contributed by atoms with van der Waals surface area (Å²) in [4.78, 5) is 39.5. The molecule has 3 aromatic rings. The van der Waals surface area contributed by atoms with Crippen LogP contribution in [0, 0.1) is 0 Å². The third-order valence-electron chi connectivity index (χ3n) is 6.29. The first kappa shape index (κ1) is 27.3. The van der Waals surface area contributed by atoms with Gasteiger partial charge in [0.1, 0.15) is 11.9 Å². The number of nitrogens with zero attached hydrogens (tertiary/aromatic N) is 3. The molecule has 0 aliphatic carbocycles. The van der Waals surface area contributed by atoms with Crippen molar-refractivity contribution in [3.63, 3.8) is 0 Å². The zero-order valence-corrected chi connectivity index (χ0v) is 22.8. The second-order valence-corrected chi connectivity index (χ2v) is 10.7. The molecule has 12 heteroatoms. The van der Waals surface area contributed by atoms with Crippen molar-refractivity contribution < 1.29 is 19.5 Å². The molecule has 0 saturated carbocycles. The SMILES string of the molecule is CNC(=O)C1Cc2ccccc2C(n2nc(C(C)(C)C)cc2NC(=O)Nc2cccc(Cl)c2Cl)N1C(=O)O. The Hall–Kier alpha value is -3.76. The van der Waals surface area contributed by atoms with Crippen LogP contribution in [-0.2, 0) is 16.6 Å². The number of halogens is 2. The molecular weight excluding hydrogens is 531 g/mol. The van der Waals surface area contributed by atoms with Gasteiger partial charge >= 0.3 is 12.1 Å². The van der Waals surface area contributed by atoms with Gasteiger partial charge in [-0.05, 0) is 17.7 Å². The lowest BCUT2D eigenvalue weighted by atomic mass is 9.91. The van der Waals surface area contributed by atoms with Crippen LogP contribution in [0.2, 0.25) is 10.0 Å². The molecule has 0 bridgehead atoms. The van der Waals surface area contributed by atoms with E-state index in [-0.39, 0.29) is 22.3 Å². The van der Waals surface area contributed by atoms with Crippen LogP contribution in [0.3, 0.4) is 0 Å². The summed E-state index contributed by atoms with van der Waals surface area (Å²) in [5.41, 5.74) is 1.93. The van der Waals surface area contributed by atoms with Crippen LogP contribution in [0.25, 0.3) is 0 Å². The maximum Gasteiger partial charge on any atom is 0.409 e. The third kappa shape index (κ3) is 5.27. The fourth-order valence-corrected chi connectivity index (χ4v) is 4.73. The van der Waals surface area contributed by atoms with E-state index in [0.717, 1.165) is 10.5 Å². The van der Waals surface area contributed by atoms with Gasteiger partial charge in [0, 0.05) is 30.5 Å². The molecule has 38 heavy (non-hydrogen) atoms. The molecule has 1 aliphatic rings. The molecule has 4 amide bonds. The van der Waals surface area contributed by atoms with Crippen molar-refractivity contribution in [2.45, 2.75) is 44.8 Å². The number of urea groups is 1. The average Bonchev–Trinajstić information content (AvgIpc) is 3.28. The summed E-state index contributed by atoms with van der Waals surface area (Å²) in [5.74, 6) is -0.216. The number of aromatic nitrogens is 2. The highest BCUT2D eigenvalue weighted by molar-refractivity contribution is 6.44. The van der Waals surface area contributed by atoms with Gasteiger partial charge in [-0.25, -0.2) is 14.3 Å². The highest BCUT2D eigenvalue weighted by Gasteiger charge is 2.43. The molecule has 0 fully saturated rings. The van der Waals surface area contributed by atoms with Crippen LogP contribution in [0.4, 0.5) is 21.1 Å². The van der Waals surface area contributed by atoms with Crippen molar-refractivity contribution in [3.05, 3.63) is 75.4 Å². The molecule has 1 aliphatic heterocycles. The van der Waals surface area contributed by atoms with E-state index in [4.69, 9.17) is 28.3 Å². The Labute approximate surface area is 229 Å². The maximum absolute atomic E-state index is 13.1. The smallest absolute Gasteiger partial charge is 0.409 e. The zero-order valence-electron chi connectivity index (χ0n) is 21.3. The number of hydrogen-bond donors (Lipinski definition) is 4. The third-order valence-corrected chi connectivity index (χ3v) is 7.11. The van der Waals surface area contributed by atoms with Crippen LogP contribution in [0.5, 0.6) is 0 Å². The van der Waals surface area contributed by atoms with E-state index in [0.29, 0.717) is 16.9 Å². The molecule has 0 radical (unpaired) electrons. The lowest BCUT2D eigenvalue weighted by Crippen LogP contribution is -2.55. The van der Waals surface area contributed by atoms with Crippen LogP contribution in [-0.4, -0.2) is 50.9 Å². The van der Waals surface area contributed by atoms with Crippen LogP contribution >= 0.6 is 23.2 Å². The van der Waals surface area contributed by atoms with Crippen LogP contribution in [0.15, 0.2) is 48.5 Å². The first-order valence-electron chi connectivity index (χ1n) is 11.8. The Balaban J connectivity index is 1.83. The molecule has 0 saturated heterocycles. The van der Waals surface area contributed by atoms with Crippen LogP contribution in [0.1, 0.15) is 43.8 Å². The zero-order chi connectivity index (χ0) is 27.8. The van der Waals surface area contributed by atoms with Gasteiger partial charge in [0.2, 0.25) is 5.91 Å². The summed E-state index contributed by atoms with van der Waals surface area (Å²) in [6, 6.07) is 12.2. The van der Waals surface area contributed by atoms with Crippen molar-refractivity contribution in [2.75, 3.05) is 17.7 Å². The second kappa shape index (κ2) is 10.5. The quantitative estimate of drug-likeness (QED) is 0.344. The molecule has 4 N–H and O–H groups in total. The molecular formula is C26H28Cl2N6O4. The Morgan fingerprint density at radius 1 is 1.05 bits per heavy atom. The number of rotatable bonds is 4. The summed E-state index contributed by atoms with van der Waals surface area (Å²) in [5, 5.41) is 23.5. The molecule has 2 heterocycles. The maximum atomic E-state index is 13.1. The molecule has 2 atom stereocenters. The van der Waals surface area contributed by atoms with Gasteiger partial charge in [-0.2, -0.15) is 5.10 Å². The monoisotopic (exact) mass is 558 g/mol. The van der Waals surface area contributed by atoms with E-state index < -0.39 is 35.7 Å². The van der Waals surface area contributed by atoms with E-state index in [1.807, 2.05) is 32.9 Å². The number of nitrogens with one attached hydrogen (secondary N) is 3. The van der Waals surface area contributed by atoms with E-state index >= 15 is 0 Å². The highest BCUT2D eigenvalue weighted by atomic mass is 35.5. The first-order chi connectivity index (χ1) is 17.9. The Morgan fingerprint density at radius 2 is 1.76 bits per heavy atom. The van der Waals surface area contributed by atoms with E-state index in [9.17, 15) is 19.5 Å². The number of carboxylic acid groups (broad SMARTS) is 1. The number of carbonyl (C=O) groups is 3. The van der Waals surface area contributed by atoms with Crippen molar-refractivity contribution in [3.8, 4) is 0 Å². The number of anilines is 2. The normalized spacial score (nSPS) is 16.9. The minimum atomic E-state index is -1.30. The van der Waals surface area contributed by atoms with E-state index in [2.05, 4.69) is 16.0 Å². The molecule has 1 aromatic heterocycles. The fraction of sp³-hybridized carbons (Fsp3) is 0.308. The Bertz CT molecular complexity index is 1400. The van der Waals surface area contributed by atoms with Crippen LogP contribution < -0.4 is 16.0 Å². The fourth-order valence-electron chi connectivity index (χ4n) is 4.38. The molecule has 10 nitrogen and oxygen atoms in total. The van der Waals surface area contributed by atoms with Crippen molar-refractivity contribution in [1.82, 2.24) is 20.0 Å². The summed E-state index contributed by atoms with van der Waals surface area (Å²) in [7, 11) is 1.46. The average molecular weight is 559 g/mol. The van der Waals surface area contributed by atoms with Gasteiger partial charge in [0.05, 0.1) is 21.4 Å². The Morgan fingerprint density at radius 3 is 2.42 bits per heavy atom. The number of carbonyl (C=O) groups excluding carboxylic acids is 2. The number of likely N-dealkylation sites (N-methyl/N-ethyl adjacent to an activating group) is 1. The summed E-state index contributed by atoms with van der Waals surface area (Å²) >= 11 is 12.3. The highest BCUT2D eigenvalue weighted by Crippen LogP contribution is 2.38. The van der Waals surface area contributed by atoms with E-state index in [1.54, 1.807) is 36.4 Å². The van der Waals surface area contributed by atoms with E-state index in [1.165, 1.54) is 11.7 Å². The number of benzene rings is 2. The van der Waals surface area contributed by atoms with Gasteiger partial charge in [-0.3, -0.25) is 15.0 Å². The van der Waals surface area contributed by atoms with Gasteiger partial charge in [-0.15, -0.1) is 0 Å². The molecule has 2 aromatic carbocycles. The predicted molar refractivity (Wildman–Crippen MR) is 146 cm³/mol. The van der Waals surface area contributed by atoms with Crippen molar-refractivity contribution in [2.24, 2.45) is 0 Å². The van der Waals surface area contributed by atoms with Gasteiger partial charge in [0.25, 0.3) is 0 Å². The first-order valence-corrected chi connectivity index (χ1v) is 12.6. The van der Waals surface area contributed by atoms with Gasteiger partial charge < -0.3 is 15.7 Å². The minimum absolute atomic E-state index is 0.180. The van der Waals surface area contributed by atoms with Crippen molar-refractivity contribution >= 4 is 52.7 Å². The lowest BCUT2D eigenvalue weighted by Gasteiger charge is -2.40. The molecule has 0 spiro atoms.